The molecule has 3 heterocycles. The Balaban J connectivity index is 1.74. The number of anilines is 1. The van der Waals surface area contributed by atoms with Gasteiger partial charge in [-0.3, -0.25) is 4.79 Å². The van der Waals surface area contributed by atoms with E-state index in [9.17, 15) is 10.1 Å². The average Bonchev–Trinajstić information content (AvgIpc) is 3.08. The molecule has 1 N–H and O–H groups in total. The lowest BCUT2D eigenvalue weighted by Gasteiger charge is -2.32. The molecule has 0 saturated heterocycles. The Kier molecular flexibility index (Phi) is 4.44. The highest BCUT2D eigenvalue weighted by Crippen LogP contribution is 2.47. The third kappa shape index (κ3) is 3.12. The van der Waals surface area contributed by atoms with E-state index in [1.165, 1.54) is 0 Å². The molecule has 1 aliphatic carbocycles. The monoisotopic (exact) mass is 410 g/mol. The molecule has 0 bridgehead atoms. The number of aromatic nitrogens is 4. The number of Topliss-reactive ketones (excluding diaryl/α,β-unsaturated/α-hetero) is 1. The van der Waals surface area contributed by atoms with Crippen LogP contribution in [0.5, 0.6) is 0 Å². The maximum atomic E-state index is 13.0. The van der Waals surface area contributed by atoms with Crippen LogP contribution in [0.2, 0.25) is 0 Å². The predicted octanol–water partition coefficient (Wildman–Crippen LogP) is 4.02. The summed E-state index contributed by atoms with van der Waals surface area (Å²) in [5.41, 5.74) is 6.86. The van der Waals surface area contributed by atoms with Gasteiger partial charge in [0, 0.05) is 40.6 Å². The van der Waals surface area contributed by atoms with E-state index in [0.717, 1.165) is 58.1 Å². The van der Waals surface area contributed by atoms with Crippen LogP contribution in [0.4, 0.5) is 5.82 Å². The van der Waals surface area contributed by atoms with Gasteiger partial charge in [-0.2, -0.15) is 15.0 Å². The number of hydrogen-bond donors (Lipinski definition) is 1. The minimum atomic E-state index is -0.230. The van der Waals surface area contributed by atoms with Crippen LogP contribution in [-0.4, -0.2) is 25.5 Å². The Bertz CT molecular complexity index is 1270. The van der Waals surface area contributed by atoms with Gasteiger partial charge in [0.1, 0.15) is 5.82 Å². The number of benzene rings is 1. The lowest BCUT2D eigenvalue weighted by Crippen LogP contribution is -2.27. The highest BCUT2D eigenvalue weighted by atomic mass is 16.1. The average molecular weight is 410 g/mol. The van der Waals surface area contributed by atoms with Crippen molar-refractivity contribution in [1.29, 1.82) is 5.26 Å². The van der Waals surface area contributed by atoms with Crippen LogP contribution in [0, 0.1) is 32.1 Å². The molecule has 1 aromatic carbocycles. The fraction of sp³-hybridized carbons (Fsp3) is 0.292. The van der Waals surface area contributed by atoms with Crippen molar-refractivity contribution in [2.75, 3.05) is 5.32 Å². The minimum absolute atomic E-state index is 0.170. The van der Waals surface area contributed by atoms with Gasteiger partial charge < -0.3 is 5.32 Å². The van der Waals surface area contributed by atoms with Gasteiger partial charge in [0.15, 0.2) is 5.78 Å². The quantitative estimate of drug-likeness (QED) is 0.685. The Morgan fingerprint density at radius 1 is 1.10 bits per heavy atom. The lowest BCUT2D eigenvalue weighted by atomic mass is 9.76. The zero-order valence-corrected chi connectivity index (χ0v) is 17.7. The zero-order chi connectivity index (χ0) is 21.7. The summed E-state index contributed by atoms with van der Waals surface area (Å²) in [5.74, 6) is 1.26. The van der Waals surface area contributed by atoms with Crippen LogP contribution in [0.25, 0.3) is 5.95 Å². The van der Waals surface area contributed by atoms with Crippen LogP contribution in [0.3, 0.4) is 0 Å². The Morgan fingerprint density at radius 2 is 1.81 bits per heavy atom. The van der Waals surface area contributed by atoms with E-state index in [1.54, 1.807) is 16.8 Å². The number of fused-ring (bicyclic) bond motifs is 1. The first-order valence-corrected chi connectivity index (χ1v) is 10.4. The van der Waals surface area contributed by atoms with E-state index < -0.39 is 0 Å². The third-order valence-corrected chi connectivity index (χ3v) is 5.94. The molecule has 0 radical (unpaired) electrons. The van der Waals surface area contributed by atoms with Gasteiger partial charge >= 0.3 is 0 Å². The first kappa shape index (κ1) is 19.2. The molecular formula is C24H22N6O. The van der Waals surface area contributed by atoms with Gasteiger partial charge in [-0.25, -0.2) is 9.97 Å². The van der Waals surface area contributed by atoms with E-state index in [1.807, 2.05) is 39.0 Å². The molecule has 0 spiro atoms. The second-order valence-corrected chi connectivity index (χ2v) is 8.17. The number of carbonyl (C=O) groups is 1. The zero-order valence-electron chi connectivity index (χ0n) is 17.7. The van der Waals surface area contributed by atoms with E-state index in [0.29, 0.717) is 17.9 Å². The fourth-order valence-corrected chi connectivity index (χ4v) is 4.65. The number of rotatable bonds is 2. The van der Waals surface area contributed by atoms with Gasteiger partial charge in [0.2, 0.25) is 0 Å². The van der Waals surface area contributed by atoms with Crippen molar-refractivity contribution in [2.24, 2.45) is 0 Å². The van der Waals surface area contributed by atoms with Crippen molar-refractivity contribution in [1.82, 2.24) is 19.7 Å². The summed E-state index contributed by atoms with van der Waals surface area (Å²) in [6.45, 7) is 5.83. The highest BCUT2D eigenvalue weighted by molar-refractivity contribution is 6.01. The van der Waals surface area contributed by atoms with Crippen LogP contribution < -0.4 is 5.32 Å². The van der Waals surface area contributed by atoms with Crippen LogP contribution >= 0.6 is 0 Å². The first-order chi connectivity index (χ1) is 15.0. The number of nitriles is 1. The molecule has 2 aliphatic rings. The summed E-state index contributed by atoms with van der Waals surface area (Å²) >= 11 is 0. The topological polar surface area (TPSA) is 96.5 Å². The molecule has 31 heavy (non-hydrogen) atoms. The van der Waals surface area contributed by atoms with E-state index in [4.69, 9.17) is 5.10 Å². The van der Waals surface area contributed by atoms with Crippen LogP contribution in [0.1, 0.15) is 59.0 Å². The number of carbonyl (C=O) groups excluding carboxylic acids is 1. The Labute approximate surface area is 180 Å². The highest BCUT2D eigenvalue weighted by Gasteiger charge is 2.39. The van der Waals surface area contributed by atoms with Crippen molar-refractivity contribution in [3.05, 3.63) is 75.4 Å². The SMILES string of the molecule is Cc1cc(C)nc(-n2nc(C)c3c2NC2=C(C(=O)CCC2)C3c2ccc(C#N)cc2)n1. The number of nitrogens with zero attached hydrogens (tertiary/aromatic N) is 5. The summed E-state index contributed by atoms with van der Waals surface area (Å²) in [5, 5.41) is 17.5. The molecular weight excluding hydrogens is 388 g/mol. The molecule has 0 amide bonds. The summed E-state index contributed by atoms with van der Waals surface area (Å²) in [4.78, 5) is 22.2. The molecule has 154 valence electrons. The minimum Gasteiger partial charge on any atom is -0.343 e. The predicted molar refractivity (Wildman–Crippen MR) is 116 cm³/mol. The van der Waals surface area contributed by atoms with Crippen molar-refractivity contribution >= 4 is 11.6 Å². The molecule has 7 heteroatoms. The standard InChI is InChI=1S/C24H22N6O/c1-13-11-14(2)27-24(26-13)30-23-20(15(3)29-30)21(17-9-7-16(12-25)8-10-17)22-18(28-23)5-4-6-19(22)31/h7-11,21,28H,4-6H2,1-3H3. The number of nitrogens with one attached hydrogen (secondary N) is 1. The second kappa shape index (κ2) is 7.17. The maximum Gasteiger partial charge on any atom is 0.252 e. The van der Waals surface area contributed by atoms with Gasteiger partial charge in [-0.05, 0) is 57.4 Å². The molecule has 1 unspecified atom stereocenters. The van der Waals surface area contributed by atoms with Gasteiger partial charge in [-0.1, -0.05) is 12.1 Å². The molecule has 7 nitrogen and oxygen atoms in total. The summed E-state index contributed by atoms with van der Waals surface area (Å²) in [6.07, 6.45) is 2.19. The second-order valence-electron chi connectivity index (χ2n) is 8.17. The molecule has 0 fully saturated rings. The molecule has 1 atom stereocenters. The number of aryl methyl sites for hydroxylation is 3. The number of ketones is 1. The summed E-state index contributed by atoms with van der Waals surface area (Å²) < 4.78 is 1.75. The van der Waals surface area contributed by atoms with Crippen LogP contribution in [-0.2, 0) is 4.79 Å². The normalized spacial score (nSPS) is 17.6. The smallest absolute Gasteiger partial charge is 0.252 e. The molecule has 2 aromatic heterocycles. The Hall–Kier alpha value is -3.79. The van der Waals surface area contributed by atoms with Crippen molar-refractivity contribution in [3.8, 4) is 12.0 Å². The summed E-state index contributed by atoms with van der Waals surface area (Å²) in [6, 6.07) is 11.6. The first-order valence-electron chi connectivity index (χ1n) is 10.4. The van der Waals surface area contributed by atoms with Crippen molar-refractivity contribution in [2.45, 2.75) is 46.0 Å². The molecule has 0 saturated carbocycles. The lowest BCUT2D eigenvalue weighted by molar-refractivity contribution is -0.116. The van der Waals surface area contributed by atoms with Crippen molar-refractivity contribution in [3.63, 3.8) is 0 Å². The largest absolute Gasteiger partial charge is 0.343 e. The van der Waals surface area contributed by atoms with Gasteiger partial charge in [0.25, 0.3) is 5.95 Å². The van der Waals surface area contributed by atoms with Crippen molar-refractivity contribution < 1.29 is 4.79 Å². The van der Waals surface area contributed by atoms with Gasteiger partial charge in [0.05, 0.1) is 17.3 Å². The molecule has 3 aromatic rings. The molecule has 1 aliphatic heterocycles. The van der Waals surface area contributed by atoms with E-state index >= 15 is 0 Å². The number of hydrogen-bond acceptors (Lipinski definition) is 6. The maximum absolute atomic E-state index is 13.0. The Morgan fingerprint density at radius 3 is 2.48 bits per heavy atom. The third-order valence-electron chi connectivity index (χ3n) is 5.94. The number of allylic oxidation sites excluding steroid dienone is 2. The molecule has 5 rings (SSSR count). The van der Waals surface area contributed by atoms with E-state index in [-0.39, 0.29) is 11.7 Å². The summed E-state index contributed by atoms with van der Waals surface area (Å²) in [7, 11) is 0. The fourth-order valence-electron chi connectivity index (χ4n) is 4.65. The van der Waals surface area contributed by atoms with Crippen LogP contribution in [0.15, 0.2) is 41.6 Å². The van der Waals surface area contributed by atoms with Gasteiger partial charge in [-0.15, -0.1) is 0 Å². The van der Waals surface area contributed by atoms with E-state index in [2.05, 4.69) is 21.4 Å².